The second kappa shape index (κ2) is 14.0. The van der Waals surface area contributed by atoms with Crippen molar-refractivity contribution >= 4 is 57.3 Å². The van der Waals surface area contributed by atoms with Crippen LogP contribution in [0.1, 0.15) is 41.3 Å². The number of aromatic nitrogens is 3. The maximum Gasteiger partial charge on any atom is 0.322 e. The summed E-state index contributed by atoms with van der Waals surface area (Å²) in [5.74, 6) is 1.77. The van der Waals surface area contributed by atoms with Gasteiger partial charge in [0.25, 0.3) is 5.91 Å². The molecule has 1 aliphatic heterocycles. The van der Waals surface area contributed by atoms with E-state index in [4.69, 9.17) is 22.1 Å². The van der Waals surface area contributed by atoms with Gasteiger partial charge in [0.15, 0.2) is 5.13 Å². The van der Waals surface area contributed by atoms with Gasteiger partial charge < -0.3 is 26.0 Å². The summed E-state index contributed by atoms with van der Waals surface area (Å²) < 4.78 is 5.38. The van der Waals surface area contributed by atoms with E-state index in [9.17, 15) is 9.59 Å². The zero-order valence-electron chi connectivity index (χ0n) is 23.8. The minimum absolute atomic E-state index is 0.280. The molecule has 0 radical (unpaired) electrons. The minimum Gasteiger partial charge on any atom is -0.463 e. The van der Waals surface area contributed by atoms with Gasteiger partial charge in [-0.15, -0.1) is 0 Å². The Labute approximate surface area is 249 Å². The number of thiazole rings is 1. The van der Waals surface area contributed by atoms with Crippen LogP contribution in [0.25, 0.3) is 0 Å². The first-order chi connectivity index (χ1) is 19.6. The average Bonchev–Trinajstić information content (AvgIpc) is 3.39. The Balaban J connectivity index is 1.29. The molecule has 41 heavy (non-hydrogen) atoms. The normalized spacial score (nSPS) is 14.7. The number of benzene rings is 1. The molecule has 1 atom stereocenters. The van der Waals surface area contributed by atoms with Gasteiger partial charge in [0, 0.05) is 38.8 Å². The number of ether oxygens (including phenoxy) is 1. The molecule has 1 aromatic carbocycles. The van der Waals surface area contributed by atoms with E-state index in [0.717, 1.165) is 37.6 Å². The van der Waals surface area contributed by atoms with Crippen LogP contribution in [0.15, 0.2) is 30.5 Å². The van der Waals surface area contributed by atoms with Crippen molar-refractivity contribution in [2.24, 2.45) is 11.7 Å². The van der Waals surface area contributed by atoms with E-state index in [1.165, 1.54) is 17.5 Å². The predicted octanol–water partition coefficient (Wildman–Crippen LogP) is 4.24. The van der Waals surface area contributed by atoms with Gasteiger partial charge in [-0.05, 0) is 37.8 Å². The molecule has 3 aromatic rings. The van der Waals surface area contributed by atoms with Crippen molar-refractivity contribution in [3.8, 4) is 0 Å². The Morgan fingerprint density at radius 1 is 1.17 bits per heavy atom. The van der Waals surface area contributed by atoms with Crippen molar-refractivity contribution in [1.29, 1.82) is 0 Å². The molecule has 13 heteroatoms. The number of hydrogen-bond acceptors (Lipinski definition) is 11. The molecule has 1 fully saturated rings. The van der Waals surface area contributed by atoms with Gasteiger partial charge in [-0.3, -0.25) is 14.5 Å². The summed E-state index contributed by atoms with van der Waals surface area (Å²) in [6.07, 6.45) is 2.15. The number of amides is 1. The van der Waals surface area contributed by atoms with Gasteiger partial charge in [-0.2, -0.15) is 0 Å². The summed E-state index contributed by atoms with van der Waals surface area (Å²) in [6, 6.07) is 6.78. The third-order valence-corrected chi connectivity index (χ3v) is 7.85. The second-order valence-electron chi connectivity index (χ2n) is 10.4. The third-order valence-electron chi connectivity index (χ3n) is 6.63. The fraction of sp³-hybridized carbons (Fsp3) is 0.464. The maximum atomic E-state index is 12.8. The van der Waals surface area contributed by atoms with Gasteiger partial charge in [0.05, 0.1) is 16.9 Å². The van der Waals surface area contributed by atoms with Crippen molar-refractivity contribution in [1.82, 2.24) is 19.9 Å². The molecular formula is C28H37ClN8O3S. The molecule has 0 saturated carbocycles. The van der Waals surface area contributed by atoms with Gasteiger partial charge in [0.1, 0.15) is 35.0 Å². The highest BCUT2D eigenvalue weighted by Gasteiger charge is 2.21. The molecule has 4 N–H and O–H groups in total. The maximum absolute atomic E-state index is 12.8. The molecule has 3 heterocycles. The van der Waals surface area contributed by atoms with Crippen molar-refractivity contribution < 1.29 is 14.3 Å². The molecular weight excluding hydrogens is 564 g/mol. The van der Waals surface area contributed by atoms with E-state index in [1.807, 2.05) is 45.9 Å². The SMILES string of the molecule is Cc1nc(Nc2ncc(C(=O)Nc3c(C)cccc3Cl)s2)cc(N2CCN(CCOC(=O)[C@@H](N)CC(C)C)CC2)n1. The third kappa shape index (κ3) is 8.59. The Morgan fingerprint density at radius 2 is 1.93 bits per heavy atom. The Bertz CT molecular complexity index is 1340. The highest BCUT2D eigenvalue weighted by Crippen LogP contribution is 2.28. The quantitative estimate of drug-likeness (QED) is 0.274. The minimum atomic E-state index is -0.568. The molecule has 1 saturated heterocycles. The number of rotatable bonds is 11. The van der Waals surface area contributed by atoms with Crippen LogP contribution >= 0.6 is 22.9 Å². The Hall–Kier alpha value is -3.32. The summed E-state index contributed by atoms with van der Waals surface area (Å²) in [5, 5.41) is 7.11. The summed E-state index contributed by atoms with van der Waals surface area (Å²) >= 11 is 7.48. The fourth-order valence-corrected chi connectivity index (χ4v) is 5.46. The first-order valence-electron chi connectivity index (χ1n) is 13.6. The van der Waals surface area contributed by atoms with Crippen molar-refractivity contribution in [3.05, 3.63) is 51.7 Å². The van der Waals surface area contributed by atoms with Crippen LogP contribution in [-0.4, -0.2) is 77.1 Å². The number of nitrogens with two attached hydrogens (primary N) is 1. The standard InChI is InChI=1S/C28H37ClN8O3S/c1-17(2)14-21(30)27(39)40-13-12-36-8-10-37(11-9-36)24-15-23(32-19(4)33-24)34-28-31-16-22(41-28)26(38)35-25-18(3)6-5-7-20(25)29/h5-7,15-17,21H,8-14,30H2,1-4H3,(H,35,38)(H,31,32,33,34)/t21-/m0/s1. The van der Waals surface area contributed by atoms with E-state index in [0.29, 0.717) is 57.9 Å². The number of anilines is 4. The first-order valence-corrected chi connectivity index (χ1v) is 14.8. The number of carbonyl (C=O) groups is 2. The monoisotopic (exact) mass is 600 g/mol. The van der Waals surface area contributed by atoms with E-state index in [2.05, 4.69) is 35.4 Å². The zero-order chi connectivity index (χ0) is 29.5. The lowest BCUT2D eigenvalue weighted by Crippen LogP contribution is -2.48. The number of carbonyl (C=O) groups excluding carboxylic acids is 2. The Kier molecular flexibility index (Phi) is 10.5. The number of hydrogen-bond donors (Lipinski definition) is 3. The lowest BCUT2D eigenvalue weighted by atomic mass is 10.1. The van der Waals surface area contributed by atoms with Crippen LogP contribution in [0.2, 0.25) is 5.02 Å². The van der Waals surface area contributed by atoms with Crippen molar-refractivity contribution in [2.75, 3.05) is 54.9 Å². The molecule has 0 unspecified atom stereocenters. The number of para-hydroxylation sites is 1. The van der Waals surface area contributed by atoms with Gasteiger partial charge >= 0.3 is 5.97 Å². The van der Waals surface area contributed by atoms with Crippen LogP contribution < -0.4 is 21.3 Å². The predicted molar refractivity (Wildman–Crippen MR) is 163 cm³/mol. The van der Waals surface area contributed by atoms with Crippen LogP contribution in [0, 0.1) is 19.8 Å². The smallest absolute Gasteiger partial charge is 0.322 e. The number of aryl methyl sites for hydroxylation is 2. The number of nitrogens with zero attached hydrogens (tertiary/aromatic N) is 5. The van der Waals surface area contributed by atoms with Gasteiger partial charge in [-0.25, -0.2) is 15.0 Å². The molecule has 1 aliphatic rings. The van der Waals surface area contributed by atoms with Crippen LogP contribution in [0.4, 0.5) is 22.5 Å². The lowest BCUT2D eigenvalue weighted by molar-refractivity contribution is -0.146. The highest BCUT2D eigenvalue weighted by atomic mass is 35.5. The zero-order valence-corrected chi connectivity index (χ0v) is 25.4. The molecule has 0 bridgehead atoms. The van der Waals surface area contributed by atoms with Gasteiger partial charge in [-0.1, -0.05) is 48.9 Å². The first kappa shape index (κ1) is 30.6. The molecule has 0 aliphatic carbocycles. The van der Waals surface area contributed by atoms with Crippen molar-refractivity contribution in [3.63, 3.8) is 0 Å². The van der Waals surface area contributed by atoms with Crippen LogP contribution in [0.3, 0.4) is 0 Å². The lowest BCUT2D eigenvalue weighted by Gasteiger charge is -2.35. The molecule has 4 rings (SSSR count). The molecule has 11 nitrogen and oxygen atoms in total. The molecule has 220 valence electrons. The molecule has 2 aromatic heterocycles. The van der Waals surface area contributed by atoms with Crippen LogP contribution in [-0.2, 0) is 9.53 Å². The average molecular weight is 601 g/mol. The molecule has 1 amide bonds. The number of esters is 1. The van der Waals surface area contributed by atoms with E-state index in [-0.39, 0.29) is 11.9 Å². The van der Waals surface area contributed by atoms with E-state index < -0.39 is 6.04 Å². The van der Waals surface area contributed by atoms with Gasteiger partial charge in [0.2, 0.25) is 0 Å². The number of halogens is 1. The number of nitrogens with one attached hydrogen (secondary N) is 2. The summed E-state index contributed by atoms with van der Waals surface area (Å²) in [6.45, 7) is 12.0. The Morgan fingerprint density at radius 3 is 2.63 bits per heavy atom. The highest BCUT2D eigenvalue weighted by molar-refractivity contribution is 7.17. The summed E-state index contributed by atoms with van der Waals surface area (Å²) in [7, 11) is 0. The summed E-state index contributed by atoms with van der Waals surface area (Å²) in [4.78, 5) is 43.3. The van der Waals surface area contributed by atoms with E-state index >= 15 is 0 Å². The van der Waals surface area contributed by atoms with Crippen LogP contribution in [0.5, 0.6) is 0 Å². The fourth-order valence-electron chi connectivity index (χ4n) is 4.48. The van der Waals surface area contributed by atoms with E-state index in [1.54, 1.807) is 6.07 Å². The second-order valence-corrected chi connectivity index (χ2v) is 11.9. The molecule has 0 spiro atoms. The topological polar surface area (TPSA) is 139 Å². The summed E-state index contributed by atoms with van der Waals surface area (Å²) in [5.41, 5.74) is 7.37. The van der Waals surface area contributed by atoms with Crippen molar-refractivity contribution in [2.45, 2.75) is 40.2 Å². The largest absolute Gasteiger partial charge is 0.463 e. The number of piperazine rings is 1.